The minimum absolute atomic E-state index is 0.00556. The molecule has 0 aromatic rings. The van der Waals surface area contributed by atoms with E-state index in [0.717, 1.165) is 6.42 Å². The first-order valence-electron chi connectivity index (χ1n) is 5.11. The van der Waals surface area contributed by atoms with Gasteiger partial charge in [-0.1, -0.05) is 25.2 Å². The average Bonchev–Trinajstić information content (AvgIpc) is 2.89. The van der Waals surface area contributed by atoms with Gasteiger partial charge in [-0.2, -0.15) is 0 Å². The van der Waals surface area contributed by atoms with Gasteiger partial charge in [-0.3, -0.25) is 0 Å². The first kappa shape index (κ1) is 9.90. The van der Waals surface area contributed by atoms with E-state index in [1.54, 1.807) is 0 Å². The van der Waals surface area contributed by atoms with Crippen molar-refractivity contribution >= 4 is 0 Å². The predicted octanol–water partition coefficient (Wildman–Crippen LogP) is 0.393. The van der Waals surface area contributed by atoms with E-state index in [9.17, 15) is 0 Å². The Hall–Kier alpha value is -0.640. The second-order valence-electron chi connectivity index (χ2n) is 4.36. The molecule has 0 radical (unpaired) electrons. The fourth-order valence-electron chi connectivity index (χ4n) is 2.17. The topological polar surface area (TPSA) is 66.5 Å². The van der Waals surface area contributed by atoms with Gasteiger partial charge in [0.25, 0.3) is 0 Å². The van der Waals surface area contributed by atoms with Crippen LogP contribution in [-0.4, -0.2) is 22.5 Å². The van der Waals surface area contributed by atoms with Gasteiger partial charge in [0.2, 0.25) is 0 Å². The maximum absolute atomic E-state index is 9.01. The van der Waals surface area contributed by atoms with Crippen LogP contribution in [0.3, 0.4) is 0 Å². The van der Waals surface area contributed by atoms with Crippen molar-refractivity contribution in [2.45, 2.75) is 25.7 Å². The molecular formula is C11H17NO2. The SMILES string of the molecule is CC1C=CC=C(C2CC2C(O)O)C1N. The van der Waals surface area contributed by atoms with Gasteiger partial charge in [0.1, 0.15) is 0 Å². The van der Waals surface area contributed by atoms with Gasteiger partial charge in [0, 0.05) is 12.0 Å². The molecule has 1 saturated carbocycles. The molecule has 1 fully saturated rings. The molecule has 0 bridgehead atoms. The van der Waals surface area contributed by atoms with Gasteiger partial charge in [-0.05, 0) is 23.8 Å². The number of aliphatic hydroxyl groups excluding tert-OH is 1. The summed E-state index contributed by atoms with van der Waals surface area (Å²) < 4.78 is 0. The second kappa shape index (κ2) is 3.50. The van der Waals surface area contributed by atoms with Crippen molar-refractivity contribution in [3.8, 4) is 0 Å². The predicted molar refractivity (Wildman–Crippen MR) is 54.2 cm³/mol. The van der Waals surface area contributed by atoms with Crippen LogP contribution >= 0.6 is 0 Å². The zero-order valence-corrected chi connectivity index (χ0v) is 8.30. The third kappa shape index (κ3) is 1.63. The van der Waals surface area contributed by atoms with Gasteiger partial charge in [-0.25, -0.2) is 0 Å². The van der Waals surface area contributed by atoms with Crippen molar-refractivity contribution < 1.29 is 10.2 Å². The first-order valence-corrected chi connectivity index (χ1v) is 5.11. The molecule has 0 saturated heterocycles. The highest BCUT2D eigenvalue weighted by molar-refractivity contribution is 5.31. The highest BCUT2D eigenvalue weighted by atomic mass is 16.5. The van der Waals surface area contributed by atoms with E-state index in [4.69, 9.17) is 15.9 Å². The Morgan fingerprint density at radius 3 is 2.79 bits per heavy atom. The largest absolute Gasteiger partial charge is 0.368 e. The van der Waals surface area contributed by atoms with E-state index < -0.39 is 6.29 Å². The number of nitrogens with two attached hydrogens (primary N) is 1. The summed E-state index contributed by atoms with van der Waals surface area (Å²) in [6.07, 6.45) is 5.80. The van der Waals surface area contributed by atoms with Crippen molar-refractivity contribution in [2.24, 2.45) is 23.5 Å². The average molecular weight is 195 g/mol. The highest BCUT2D eigenvalue weighted by Gasteiger charge is 2.46. The summed E-state index contributed by atoms with van der Waals surface area (Å²) in [6, 6.07) is 0.0498. The maximum atomic E-state index is 9.01. The van der Waals surface area contributed by atoms with Crippen LogP contribution in [0.2, 0.25) is 0 Å². The van der Waals surface area contributed by atoms with E-state index in [2.05, 4.69) is 13.0 Å². The molecule has 4 N–H and O–H groups in total. The molecule has 3 nitrogen and oxygen atoms in total. The minimum Gasteiger partial charge on any atom is -0.368 e. The number of aliphatic hydroxyl groups is 2. The third-order valence-electron chi connectivity index (χ3n) is 3.31. The van der Waals surface area contributed by atoms with E-state index in [0.29, 0.717) is 5.92 Å². The van der Waals surface area contributed by atoms with Crippen molar-refractivity contribution in [1.29, 1.82) is 0 Å². The molecule has 0 aromatic heterocycles. The Bertz CT molecular complexity index is 283. The Balaban J connectivity index is 2.06. The smallest absolute Gasteiger partial charge is 0.154 e. The van der Waals surface area contributed by atoms with Crippen LogP contribution in [0, 0.1) is 17.8 Å². The second-order valence-corrected chi connectivity index (χ2v) is 4.36. The summed E-state index contributed by atoms with van der Waals surface area (Å²) in [5, 5.41) is 18.0. The molecule has 2 aliphatic carbocycles. The summed E-state index contributed by atoms with van der Waals surface area (Å²) >= 11 is 0. The van der Waals surface area contributed by atoms with Crippen molar-refractivity contribution in [3.63, 3.8) is 0 Å². The molecule has 4 unspecified atom stereocenters. The lowest BCUT2D eigenvalue weighted by atomic mass is 9.87. The van der Waals surface area contributed by atoms with Crippen molar-refractivity contribution in [1.82, 2.24) is 0 Å². The van der Waals surface area contributed by atoms with E-state index in [1.807, 2.05) is 12.2 Å². The molecule has 14 heavy (non-hydrogen) atoms. The van der Waals surface area contributed by atoms with Gasteiger partial charge in [-0.15, -0.1) is 0 Å². The summed E-state index contributed by atoms with van der Waals surface area (Å²) in [7, 11) is 0. The standard InChI is InChI=1S/C11H17NO2/c1-6-3-2-4-7(10(6)12)8-5-9(8)11(13)14/h2-4,6,8-11,13-14H,5,12H2,1H3. The Morgan fingerprint density at radius 1 is 1.50 bits per heavy atom. The van der Waals surface area contributed by atoms with Crippen LogP contribution in [0.5, 0.6) is 0 Å². The molecule has 2 aliphatic rings. The lowest BCUT2D eigenvalue weighted by Gasteiger charge is -2.23. The molecule has 78 valence electrons. The zero-order chi connectivity index (χ0) is 10.3. The van der Waals surface area contributed by atoms with Crippen LogP contribution in [0.15, 0.2) is 23.8 Å². The minimum atomic E-state index is -1.19. The molecule has 0 aromatic carbocycles. The van der Waals surface area contributed by atoms with Crippen LogP contribution in [-0.2, 0) is 0 Å². The fraction of sp³-hybridized carbons (Fsp3) is 0.636. The Kier molecular flexibility index (Phi) is 2.47. The van der Waals surface area contributed by atoms with E-state index in [1.165, 1.54) is 5.57 Å². The summed E-state index contributed by atoms with van der Waals surface area (Å²) in [4.78, 5) is 0. The number of rotatable bonds is 2. The number of hydrogen-bond acceptors (Lipinski definition) is 3. The van der Waals surface area contributed by atoms with Crippen molar-refractivity contribution in [3.05, 3.63) is 23.8 Å². The van der Waals surface area contributed by atoms with Gasteiger partial charge in [0.05, 0.1) is 0 Å². The molecule has 3 heteroatoms. The quantitative estimate of drug-likeness (QED) is 0.558. The van der Waals surface area contributed by atoms with E-state index in [-0.39, 0.29) is 17.9 Å². The van der Waals surface area contributed by atoms with Crippen LogP contribution in [0.1, 0.15) is 13.3 Å². The van der Waals surface area contributed by atoms with Crippen LogP contribution < -0.4 is 5.73 Å². The zero-order valence-electron chi connectivity index (χ0n) is 8.30. The first-order chi connectivity index (χ1) is 6.61. The number of allylic oxidation sites excluding steroid dienone is 2. The highest BCUT2D eigenvalue weighted by Crippen LogP contribution is 2.48. The van der Waals surface area contributed by atoms with Crippen LogP contribution in [0.25, 0.3) is 0 Å². The summed E-state index contributed by atoms with van der Waals surface area (Å²) in [5.74, 6) is 0.649. The molecule has 0 amide bonds. The van der Waals surface area contributed by atoms with Gasteiger partial charge >= 0.3 is 0 Å². The Morgan fingerprint density at radius 2 is 2.21 bits per heavy atom. The maximum Gasteiger partial charge on any atom is 0.154 e. The molecule has 0 aliphatic heterocycles. The molecule has 0 spiro atoms. The van der Waals surface area contributed by atoms with Crippen molar-refractivity contribution in [2.75, 3.05) is 0 Å². The monoisotopic (exact) mass is 195 g/mol. The number of hydrogen-bond donors (Lipinski definition) is 3. The van der Waals surface area contributed by atoms with E-state index >= 15 is 0 Å². The van der Waals surface area contributed by atoms with Crippen LogP contribution in [0.4, 0.5) is 0 Å². The molecule has 4 atom stereocenters. The normalized spacial score (nSPS) is 41.4. The fourth-order valence-corrected chi connectivity index (χ4v) is 2.17. The summed E-state index contributed by atoms with van der Waals surface area (Å²) in [6.45, 7) is 2.08. The summed E-state index contributed by atoms with van der Waals surface area (Å²) in [5.41, 5.74) is 7.22. The van der Waals surface area contributed by atoms with Gasteiger partial charge < -0.3 is 15.9 Å². The lowest BCUT2D eigenvalue weighted by Crippen LogP contribution is -2.32. The molecular weight excluding hydrogens is 178 g/mol. The Labute approximate surface area is 83.9 Å². The third-order valence-corrected chi connectivity index (χ3v) is 3.31. The lowest BCUT2D eigenvalue weighted by molar-refractivity contribution is -0.0591. The van der Waals surface area contributed by atoms with Gasteiger partial charge in [0.15, 0.2) is 6.29 Å². The molecule has 2 rings (SSSR count). The molecule has 0 heterocycles.